The van der Waals surface area contributed by atoms with Gasteiger partial charge in [0.25, 0.3) is 0 Å². The van der Waals surface area contributed by atoms with Gasteiger partial charge in [0.15, 0.2) is 0 Å². The van der Waals surface area contributed by atoms with E-state index in [-0.39, 0.29) is 4.46 Å². The Labute approximate surface area is 119 Å². The molecule has 86 valence electrons. The molecule has 0 aromatic heterocycles. The van der Waals surface area contributed by atoms with Crippen molar-refractivity contribution in [3.8, 4) is 0 Å². The van der Waals surface area contributed by atoms with Crippen LogP contribution in [0, 0.1) is 0 Å². The van der Waals surface area contributed by atoms with Gasteiger partial charge in [0.1, 0.15) is 6.63 Å². The first-order valence-corrected chi connectivity index (χ1v) is 21.5. The summed E-state index contributed by atoms with van der Waals surface area (Å²) in [5, 5.41) is 0. The average molecular weight is 385 g/mol. The summed E-state index contributed by atoms with van der Waals surface area (Å²) in [4.78, 5) is 0. The molecule has 0 aliphatic heterocycles. The molecular formula is C4H12Cl6Si4. The van der Waals surface area contributed by atoms with E-state index < -0.39 is 28.1 Å². The van der Waals surface area contributed by atoms with E-state index >= 15 is 0 Å². The van der Waals surface area contributed by atoms with E-state index in [1.165, 1.54) is 0 Å². The van der Waals surface area contributed by atoms with Crippen LogP contribution in [0.1, 0.15) is 0 Å². The number of halogens is 6. The highest BCUT2D eigenvalue weighted by molar-refractivity contribution is 8.07. The first-order chi connectivity index (χ1) is 5.92. The first kappa shape index (κ1) is 16.6. The number of rotatable bonds is 4. The van der Waals surface area contributed by atoms with Crippen LogP contribution in [0.4, 0.5) is 0 Å². The van der Waals surface area contributed by atoms with Gasteiger partial charge in [-0.05, 0) is 13.1 Å². The summed E-state index contributed by atoms with van der Waals surface area (Å²) in [7, 11) is -0.779. The first-order valence-electron chi connectivity index (χ1n) is 3.95. The quantitative estimate of drug-likeness (QED) is 0.393. The maximum atomic E-state index is 6.32. The van der Waals surface area contributed by atoms with Crippen LogP contribution in [-0.4, -0.2) is 32.5 Å². The summed E-state index contributed by atoms with van der Waals surface area (Å²) in [6.07, 6.45) is -4.67. The van der Waals surface area contributed by atoms with Crippen molar-refractivity contribution in [2.45, 2.75) is 24.1 Å². The zero-order valence-corrected chi connectivity index (χ0v) is 17.0. The van der Waals surface area contributed by atoms with Gasteiger partial charge in [-0.25, -0.2) is 0 Å². The van der Waals surface area contributed by atoms with Gasteiger partial charge >= 0.3 is 0 Å². The van der Waals surface area contributed by atoms with E-state index in [1.807, 2.05) is 13.1 Å². The van der Waals surface area contributed by atoms with Crippen LogP contribution < -0.4 is 0 Å². The van der Waals surface area contributed by atoms with Gasteiger partial charge in [-0.1, -0.05) is 6.55 Å². The van der Waals surface area contributed by atoms with Gasteiger partial charge in [0.05, 0.1) is 13.5 Å². The Kier molecular flexibility index (Phi) is 6.52. The maximum absolute atomic E-state index is 6.32. The van der Waals surface area contributed by atoms with Crippen molar-refractivity contribution in [2.24, 2.45) is 0 Å². The zero-order chi connectivity index (χ0) is 11.8. The Hall–Kier alpha value is 2.61. The minimum absolute atomic E-state index is 0.347. The van der Waals surface area contributed by atoms with E-state index in [0.717, 1.165) is 0 Å². The lowest BCUT2D eigenvalue weighted by atomic mass is 11.9. The van der Waals surface area contributed by atoms with Crippen LogP contribution >= 0.6 is 67.5 Å². The Morgan fingerprint density at radius 1 is 0.857 bits per heavy atom. The van der Waals surface area contributed by atoms with Gasteiger partial charge in [-0.2, -0.15) is 44.3 Å². The summed E-state index contributed by atoms with van der Waals surface area (Å²) in [6.45, 7) is 3.86. The third-order valence-corrected chi connectivity index (χ3v) is 79.5. The zero-order valence-electron chi connectivity index (χ0n) is 8.05. The molecule has 0 saturated carbocycles. The summed E-state index contributed by atoms with van der Waals surface area (Å²) >= 11 is 37.0. The smallest absolute Gasteiger partial charge is 0.151 e. The summed E-state index contributed by atoms with van der Waals surface area (Å²) in [5.41, 5.74) is 0. The van der Waals surface area contributed by atoms with E-state index in [1.54, 1.807) is 0 Å². The Morgan fingerprint density at radius 3 is 1.21 bits per heavy atom. The molecule has 0 bridgehead atoms. The van der Waals surface area contributed by atoms with Gasteiger partial charge in [0, 0.05) is 0 Å². The van der Waals surface area contributed by atoms with E-state index in [9.17, 15) is 0 Å². The minimum atomic E-state index is -2.34. The molecule has 0 unspecified atom stereocenters. The average Bonchev–Trinajstić information content (AvgIpc) is 1.79. The molecule has 0 nitrogen and oxygen atoms in total. The second-order valence-electron chi connectivity index (χ2n) is 3.70. The van der Waals surface area contributed by atoms with E-state index in [2.05, 4.69) is 6.55 Å². The largest absolute Gasteiger partial charge is 0.233 e. The van der Waals surface area contributed by atoms with Crippen molar-refractivity contribution < 1.29 is 0 Å². The third kappa shape index (κ3) is 4.12. The predicted molar refractivity (Wildman–Crippen MR) is 82.3 cm³/mol. The monoisotopic (exact) mass is 382 g/mol. The lowest BCUT2D eigenvalue weighted by Gasteiger charge is -2.39. The van der Waals surface area contributed by atoms with E-state index in [4.69, 9.17) is 67.5 Å². The van der Waals surface area contributed by atoms with Crippen LogP contribution in [0.3, 0.4) is 0 Å². The number of alkyl halides is 2. The highest BCUT2D eigenvalue weighted by atomic mass is 35.7. The maximum Gasteiger partial charge on any atom is 0.233 e. The second kappa shape index (κ2) is 5.50. The minimum Gasteiger partial charge on any atom is -0.151 e. The Balaban J connectivity index is 5.07. The number of hydrogen-bond donors (Lipinski definition) is 0. The highest BCUT2D eigenvalue weighted by Crippen LogP contribution is 2.38. The lowest BCUT2D eigenvalue weighted by Crippen LogP contribution is -2.71. The number of hydrogen-bond acceptors (Lipinski definition) is 0. The molecule has 14 heavy (non-hydrogen) atoms. The van der Waals surface area contributed by atoms with Crippen LogP contribution in [0.25, 0.3) is 0 Å². The molecule has 0 rings (SSSR count). The van der Waals surface area contributed by atoms with Crippen LogP contribution in [-0.2, 0) is 0 Å². The van der Waals surface area contributed by atoms with Gasteiger partial charge in [-0.3, -0.25) is 0 Å². The van der Waals surface area contributed by atoms with E-state index in [0.29, 0.717) is 0 Å². The van der Waals surface area contributed by atoms with Gasteiger partial charge in [0.2, 0.25) is 12.4 Å². The summed E-state index contributed by atoms with van der Waals surface area (Å²) in [5.74, 6) is 0. The van der Waals surface area contributed by atoms with Gasteiger partial charge in [-0.15, -0.1) is 23.2 Å². The fourth-order valence-corrected chi connectivity index (χ4v) is 70.7. The molecule has 0 N–H and O–H groups in total. The fraction of sp³-hybridized carbons (Fsp3) is 1.00. The van der Waals surface area contributed by atoms with Crippen LogP contribution in [0.5, 0.6) is 0 Å². The molecule has 0 heterocycles. The van der Waals surface area contributed by atoms with Crippen LogP contribution in [0.2, 0.25) is 19.6 Å². The molecule has 0 fully saturated rings. The van der Waals surface area contributed by atoms with Crippen LogP contribution in [0.15, 0.2) is 0 Å². The summed E-state index contributed by atoms with van der Waals surface area (Å²) in [6, 6.07) is 0. The molecule has 0 aromatic rings. The van der Waals surface area contributed by atoms with Crippen molar-refractivity contribution in [1.29, 1.82) is 0 Å². The lowest BCUT2D eigenvalue weighted by molar-refractivity contribution is 1.91. The molecular weight excluding hydrogens is 373 g/mol. The Bertz CT molecular complexity index is 181. The fourth-order valence-electron chi connectivity index (χ4n) is 1.05. The van der Waals surface area contributed by atoms with Crippen molar-refractivity contribution in [1.82, 2.24) is 0 Å². The molecule has 0 spiro atoms. The topological polar surface area (TPSA) is 0 Å². The molecule has 0 saturated heterocycles. The normalized spacial score (nSPS) is 15.9. The van der Waals surface area contributed by atoms with Crippen molar-refractivity contribution >= 4 is 95.6 Å². The third-order valence-electron chi connectivity index (χ3n) is 2.50. The Morgan fingerprint density at radius 2 is 1.14 bits per heavy atom. The standard InChI is InChI=1S/C4H12Cl6Si4/c1-12(7,8)14(3,11-4(5)6)13(2,9)10/h4H,11H2,1-3H3. The second-order valence-corrected chi connectivity index (χ2v) is 51.3. The van der Waals surface area contributed by atoms with Crippen molar-refractivity contribution in [2.75, 3.05) is 0 Å². The molecule has 0 aliphatic rings. The molecule has 0 aromatic carbocycles. The SMILES string of the molecule is C[Si](Cl)(Cl)[Si](C)([SiH2]C(Cl)Cl)[Si](C)(Cl)Cl. The molecule has 0 amide bonds. The molecule has 10 heteroatoms. The van der Waals surface area contributed by atoms with Crippen molar-refractivity contribution in [3.63, 3.8) is 0 Å². The molecule has 0 radical (unpaired) electrons. The van der Waals surface area contributed by atoms with Crippen molar-refractivity contribution in [3.05, 3.63) is 0 Å². The predicted octanol–water partition coefficient (Wildman–Crippen LogP) is 3.75. The van der Waals surface area contributed by atoms with Gasteiger partial charge < -0.3 is 0 Å². The summed E-state index contributed by atoms with van der Waals surface area (Å²) < 4.78 is -0.347. The molecule has 0 atom stereocenters. The highest BCUT2D eigenvalue weighted by Gasteiger charge is 2.60. The molecule has 0 aliphatic carbocycles.